The fourth-order valence-electron chi connectivity index (χ4n) is 2.06. The molecule has 1 amide bonds. The van der Waals surface area contributed by atoms with E-state index in [0.717, 1.165) is 4.86 Å². The number of thiocarbonyl (C=S) groups is 1. The van der Waals surface area contributed by atoms with Crippen LogP contribution in [0.15, 0.2) is 12.0 Å². The van der Waals surface area contributed by atoms with Gasteiger partial charge in [0.15, 0.2) is 0 Å². The molecular formula is C9H11NO2S. The second-order valence-electron chi connectivity index (χ2n) is 3.67. The smallest absolute Gasteiger partial charge is 0.237 e. The van der Waals surface area contributed by atoms with E-state index in [0.29, 0.717) is 0 Å². The van der Waals surface area contributed by atoms with Gasteiger partial charge in [-0.25, -0.2) is 0 Å². The van der Waals surface area contributed by atoms with E-state index in [1.807, 2.05) is 6.92 Å². The molecule has 0 radical (unpaired) electrons. The van der Waals surface area contributed by atoms with E-state index in [1.54, 1.807) is 11.8 Å². The maximum Gasteiger partial charge on any atom is 0.237 e. The van der Waals surface area contributed by atoms with E-state index in [1.165, 1.54) is 6.20 Å². The van der Waals surface area contributed by atoms with Crippen LogP contribution in [-0.4, -0.2) is 26.8 Å². The Morgan fingerprint density at radius 1 is 1.69 bits per heavy atom. The quantitative estimate of drug-likeness (QED) is 0.508. The summed E-state index contributed by atoms with van der Waals surface area (Å²) >= 11 is 5.01. The highest BCUT2D eigenvalue weighted by Gasteiger charge is 2.54. The summed E-state index contributed by atoms with van der Waals surface area (Å²) < 4.78 is 0. The molecule has 2 aliphatic rings. The van der Waals surface area contributed by atoms with Gasteiger partial charge in [-0.2, -0.15) is 0 Å². The van der Waals surface area contributed by atoms with Crippen LogP contribution in [0.4, 0.5) is 0 Å². The molecule has 13 heavy (non-hydrogen) atoms. The minimum absolute atomic E-state index is 0.0217. The molecule has 2 heterocycles. The molecule has 2 aliphatic heterocycles. The summed E-state index contributed by atoms with van der Waals surface area (Å²) in [5, 5.41) is 9.42. The van der Waals surface area contributed by atoms with Crippen LogP contribution in [-0.2, 0) is 4.79 Å². The number of carbonyl (C=O) groups is 1. The first-order valence-electron chi connectivity index (χ1n) is 4.27. The average molecular weight is 197 g/mol. The first-order valence-corrected chi connectivity index (χ1v) is 4.68. The normalized spacial score (nSPS) is 36.8. The molecular weight excluding hydrogens is 186 g/mol. The topological polar surface area (TPSA) is 40.5 Å². The number of amides is 1. The molecule has 1 N–H and O–H groups in total. The summed E-state index contributed by atoms with van der Waals surface area (Å²) in [5.74, 6) is 0.178. The minimum Gasteiger partial charge on any atom is -0.510 e. The van der Waals surface area contributed by atoms with Gasteiger partial charge in [0.05, 0.1) is 12.0 Å². The monoisotopic (exact) mass is 197 g/mol. The molecule has 0 aromatic rings. The van der Waals surface area contributed by atoms with Crippen molar-refractivity contribution >= 4 is 23.0 Å². The van der Waals surface area contributed by atoms with Gasteiger partial charge in [0.2, 0.25) is 5.91 Å². The Bertz CT molecular complexity index is 324. The lowest BCUT2D eigenvalue weighted by atomic mass is 9.80. The molecule has 3 atom stereocenters. The Hall–Kier alpha value is -0.900. The number of aliphatic hydroxyl groups excluding tert-OH is 1. The number of nitrogens with zero attached hydrogens (tertiary/aromatic N) is 1. The summed E-state index contributed by atoms with van der Waals surface area (Å²) in [7, 11) is 0. The van der Waals surface area contributed by atoms with Crippen molar-refractivity contribution in [3.8, 4) is 0 Å². The van der Waals surface area contributed by atoms with Gasteiger partial charge in [0.1, 0.15) is 5.76 Å². The summed E-state index contributed by atoms with van der Waals surface area (Å²) in [6.07, 6.45) is 1.52. The molecule has 3 unspecified atom stereocenters. The van der Waals surface area contributed by atoms with Gasteiger partial charge in [-0.05, 0) is 6.92 Å². The summed E-state index contributed by atoms with van der Waals surface area (Å²) in [6.45, 7) is 3.70. The highest BCUT2D eigenvalue weighted by molar-refractivity contribution is 7.80. The van der Waals surface area contributed by atoms with Crippen molar-refractivity contribution in [2.75, 3.05) is 0 Å². The number of carbonyl (C=O) groups excluding carboxylic acids is 1. The molecule has 0 spiro atoms. The van der Waals surface area contributed by atoms with Gasteiger partial charge >= 0.3 is 0 Å². The van der Waals surface area contributed by atoms with Gasteiger partial charge < -0.3 is 10.0 Å². The fourth-order valence-corrected chi connectivity index (χ4v) is 2.30. The summed E-state index contributed by atoms with van der Waals surface area (Å²) in [6, 6.07) is 0.0741. The zero-order valence-electron chi connectivity index (χ0n) is 7.52. The highest BCUT2D eigenvalue weighted by Crippen LogP contribution is 2.41. The Kier molecular flexibility index (Phi) is 1.70. The summed E-state index contributed by atoms with van der Waals surface area (Å²) in [5.41, 5.74) is 0. The van der Waals surface area contributed by atoms with Crippen LogP contribution in [0, 0.1) is 11.8 Å². The van der Waals surface area contributed by atoms with Crippen molar-refractivity contribution < 1.29 is 9.90 Å². The van der Waals surface area contributed by atoms with E-state index < -0.39 is 0 Å². The van der Waals surface area contributed by atoms with Crippen LogP contribution in [0.5, 0.6) is 0 Å². The highest BCUT2D eigenvalue weighted by atomic mass is 32.1. The third kappa shape index (κ3) is 0.950. The maximum absolute atomic E-state index is 11.5. The Balaban J connectivity index is 2.26. The number of fused-ring (bicyclic) bond motifs is 1. The van der Waals surface area contributed by atoms with Crippen molar-refractivity contribution in [3.05, 3.63) is 12.0 Å². The van der Waals surface area contributed by atoms with Gasteiger partial charge in [-0.3, -0.25) is 4.79 Å². The van der Waals surface area contributed by atoms with Crippen LogP contribution < -0.4 is 0 Å². The molecule has 3 nitrogen and oxygen atoms in total. The Labute approximate surface area is 82.0 Å². The van der Waals surface area contributed by atoms with Gasteiger partial charge in [-0.15, -0.1) is 0 Å². The van der Waals surface area contributed by atoms with Crippen LogP contribution in [0.3, 0.4) is 0 Å². The van der Waals surface area contributed by atoms with Gasteiger partial charge in [0, 0.05) is 17.0 Å². The second-order valence-corrected chi connectivity index (χ2v) is 4.31. The van der Waals surface area contributed by atoms with Crippen LogP contribution in [0.25, 0.3) is 0 Å². The van der Waals surface area contributed by atoms with E-state index in [-0.39, 0.29) is 29.5 Å². The third-order valence-electron chi connectivity index (χ3n) is 2.87. The largest absolute Gasteiger partial charge is 0.510 e. The summed E-state index contributed by atoms with van der Waals surface area (Å²) in [4.78, 5) is 13.8. The molecule has 2 rings (SSSR count). The van der Waals surface area contributed by atoms with Crippen molar-refractivity contribution in [1.29, 1.82) is 0 Å². The lowest BCUT2D eigenvalue weighted by molar-refractivity contribution is -0.146. The van der Waals surface area contributed by atoms with Gasteiger partial charge in [-0.1, -0.05) is 19.1 Å². The predicted molar refractivity (Wildman–Crippen MR) is 52.3 cm³/mol. The lowest BCUT2D eigenvalue weighted by Crippen LogP contribution is -2.60. The van der Waals surface area contributed by atoms with Crippen molar-refractivity contribution in [2.24, 2.45) is 11.8 Å². The first kappa shape index (κ1) is 8.69. The second kappa shape index (κ2) is 2.54. The molecule has 70 valence electrons. The molecule has 1 fully saturated rings. The zero-order chi connectivity index (χ0) is 9.75. The Morgan fingerprint density at radius 3 is 2.85 bits per heavy atom. The van der Waals surface area contributed by atoms with Crippen LogP contribution in [0.2, 0.25) is 0 Å². The number of hydrogen-bond donors (Lipinski definition) is 1. The SMILES string of the molecule is CC(=S)C1C(=O)N2C=C(O)C(C)C12. The van der Waals surface area contributed by atoms with E-state index in [9.17, 15) is 9.90 Å². The number of β-lactam (4-membered cyclic amide) rings is 1. The Morgan fingerprint density at radius 2 is 2.31 bits per heavy atom. The molecule has 1 saturated heterocycles. The minimum atomic E-state index is -0.161. The maximum atomic E-state index is 11.5. The zero-order valence-corrected chi connectivity index (χ0v) is 8.34. The molecule has 0 aromatic heterocycles. The van der Waals surface area contributed by atoms with E-state index >= 15 is 0 Å². The van der Waals surface area contributed by atoms with Gasteiger partial charge in [0.25, 0.3) is 0 Å². The molecule has 0 bridgehead atoms. The average Bonchev–Trinajstić information content (AvgIpc) is 2.28. The van der Waals surface area contributed by atoms with Crippen molar-refractivity contribution in [2.45, 2.75) is 19.9 Å². The van der Waals surface area contributed by atoms with Crippen LogP contribution >= 0.6 is 12.2 Å². The number of hydrogen-bond acceptors (Lipinski definition) is 3. The first-order chi connectivity index (χ1) is 6.04. The fraction of sp³-hybridized carbons (Fsp3) is 0.556. The molecule has 0 aromatic carbocycles. The van der Waals surface area contributed by atoms with Crippen LogP contribution in [0.1, 0.15) is 13.8 Å². The lowest BCUT2D eigenvalue weighted by Gasteiger charge is -2.43. The van der Waals surface area contributed by atoms with Crippen molar-refractivity contribution in [1.82, 2.24) is 4.90 Å². The number of aliphatic hydroxyl groups is 1. The van der Waals surface area contributed by atoms with Crippen molar-refractivity contribution in [3.63, 3.8) is 0 Å². The molecule has 4 heteroatoms. The van der Waals surface area contributed by atoms with E-state index in [4.69, 9.17) is 12.2 Å². The number of rotatable bonds is 1. The predicted octanol–water partition coefficient (Wildman–Crippen LogP) is 1.25. The third-order valence-corrected chi connectivity index (χ3v) is 3.13. The van der Waals surface area contributed by atoms with E-state index in [2.05, 4.69) is 0 Å². The molecule has 0 aliphatic carbocycles. The standard InChI is InChI=1S/C9H11NO2S/c1-4-6(11)3-10-8(4)7(5(2)13)9(10)12/h3-4,7-8,11H,1-2H3. The molecule has 0 saturated carbocycles.